The van der Waals surface area contributed by atoms with Crippen molar-refractivity contribution < 1.29 is 80.9 Å². The Morgan fingerprint density at radius 2 is 0.981 bits per heavy atom. The second-order valence-corrected chi connectivity index (χ2v) is 14.8. The van der Waals surface area contributed by atoms with Gasteiger partial charge in [-0.25, -0.2) is 9.59 Å². The van der Waals surface area contributed by atoms with Crippen molar-refractivity contribution in [2.24, 2.45) is 11.8 Å². The third kappa shape index (κ3) is 8.25. The van der Waals surface area contributed by atoms with E-state index in [-0.39, 0.29) is 46.2 Å². The van der Waals surface area contributed by atoms with Crippen molar-refractivity contribution in [3.05, 3.63) is 82.9 Å². The molecule has 10 nitrogen and oxygen atoms in total. The van der Waals surface area contributed by atoms with Gasteiger partial charge in [-0.1, -0.05) is 6.07 Å². The molecule has 0 saturated carbocycles. The Balaban J connectivity index is 0.00000261. The van der Waals surface area contributed by atoms with Crippen molar-refractivity contribution in [3.63, 3.8) is 0 Å². The maximum atomic E-state index is 13.6. The Hall–Kier alpha value is -3.32. The fourth-order valence-electron chi connectivity index (χ4n) is 9.07. The average molecular weight is 847 g/mol. The number of benzene rings is 3. The molecule has 4 bridgehead atoms. The molecule has 2 atom stereocenters. The van der Waals surface area contributed by atoms with Crippen LogP contribution < -0.4 is 52.9 Å². The number of carbonyl (C=O) groups is 2. The predicted molar refractivity (Wildman–Crippen MR) is 187 cm³/mol. The van der Waals surface area contributed by atoms with E-state index >= 15 is 0 Å². The summed E-state index contributed by atoms with van der Waals surface area (Å²) in [7, 11) is 6.73. The average Bonchev–Trinajstić information content (AvgIpc) is 3.15. The molecule has 0 radical (unpaired) electrons. The second kappa shape index (κ2) is 16.8. The molecule has 6 aliphatic rings. The molecular formula is C40H50Br2N2O8. The first-order chi connectivity index (χ1) is 24.2. The molecule has 3 aromatic carbocycles. The zero-order chi connectivity index (χ0) is 34.9. The number of hydrogen-bond donors (Lipinski definition) is 0. The first-order valence-corrected chi connectivity index (χ1v) is 17.9. The van der Waals surface area contributed by atoms with Crippen LogP contribution in [0.15, 0.2) is 60.7 Å². The zero-order valence-corrected chi connectivity index (χ0v) is 33.7. The number of esters is 2. The van der Waals surface area contributed by atoms with Gasteiger partial charge in [0.2, 0.25) is 0 Å². The lowest BCUT2D eigenvalue weighted by molar-refractivity contribution is -0.958. The summed E-state index contributed by atoms with van der Waals surface area (Å²) in [6.07, 6.45) is 3.64. The van der Waals surface area contributed by atoms with Crippen LogP contribution in [0.25, 0.3) is 0 Å². The number of rotatable bonds is 12. The Bertz CT molecular complexity index is 1600. The van der Waals surface area contributed by atoms with Crippen molar-refractivity contribution in [1.82, 2.24) is 0 Å². The van der Waals surface area contributed by atoms with Gasteiger partial charge < -0.3 is 71.4 Å². The first-order valence-electron chi connectivity index (χ1n) is 17.9. The van der Waals surface area contributed by atoms with E-state index < -0.39 is 11.9 Å². The van der Waals surface area contributed by atoms with E-state index in [0.717, 1.165) is 121 Å². The SMILES string of the molecule is COc1ccc(OC)c(C[N+]23CCC(CC2)C(OC(=O)c2cccc(C(=O)OC4C[N+]5(Cc6cc(OC)ccc6OC)CCC4CC5)c2)C3)c1.[Br-].[Br-]. The molecule has 0 aliphatic carbocycles. The number of methoxy groups -OCH3 is 4. The third-order valence-corrected chi connectivity index (χ3v) is 11.9. The molecule has 0 aromatic heterocycles. The number of nitrogens with zero attached hydrogens (tertiary/aromatic N) is 2. The number of ether oxygens (including phenoxy) is 6. The number of fused-ring (bicyclic) bond motifs is 6. The highest BCUT2D eigenvalue weighted by Crippen LogP contribution is 2.41. The van der Waals surface area contributed by atoms with Crippen molar-refractivity contribution >= 4 is 11.9 Å². The van der Waals surface area contributed by atoms with Crippen LogP contribution in [0.1, 0.15) is 57.5 Å². The van der Waals surface area contributed by atoms with Crippen LogP contribution in [0.4, 0.5) is 0 Å². The van der Waals surface area contributed by atoms with Crippen LogP contribution >= 0.6 is 0 Å². The first kappa shape index (κ1) is 39.9. The number of piperidine rings is 6. The van der Waals surface area contributed by atoms with E-state index in [1.165, 1.54) is 0 Å². The van der Waals surface area contributed by atoms with Crippen molar-refractivity contribution in [3.8, 4) is 23.0 Å². The van der Waals surface area contributed by atoms with E-state index in [2.05, 4.69) is 0 Å². The summed E-state index contributed by atoms with van der Waals surface area (Å²) < 4.78 is 36.5. The summed E-state index contributed by atoms with van der Waals surface area (Å²) >= 11 is 0. The highest BCUT2D eigenvalue weighted by Gasteiger charge is 2.49. The minimum absolute atomic E-state index is 0. The topological polar surface area (TPSA) is 89.5 Å². The van der Waals surface area contributed by atoms with Gasteiger partial charge in [0.15, 0.2) is 12.2 Å². The molecule has 0 spiro atoms. The monoisotopic (exact) mass is 844 g/mol. The van der Waals surface area contributed by atoms with Crippen molar-refractivity contribution in [2.75, 3.05) is 67.7 Å². The Morgan fingerprint density at radius 3 is 1.35 bits per heavy atom. The van der Waals surface area contributed by atoms with Gasteiger partial charge in [-0.05, 0) is 54.6 Å². The highest BCUT2D eigenvalue weighted by atomic mass is 79.9. The maximum Gasteiger partial charge on any atom is 0.338 e. The molecular weight excluding hydrogens is 796 g/mol. The number of halogens is 2. The molecule has 9 rings (SSSR count). The molecule has 12 heteroatoms. The minimum Gasteiger partial charge on any atom is -1.00 e. The number of hydrogen-bond acceptors (Lipinski definition) is 8. The Morgan fingerprint density at radius 1 is 0.577 bits per heavy atom. The maximum absolute atomic E-state index is 13.6. The van der Waals surface area contributed by atoms with Crippen LogP contribution in [0.3, 0.4) is 0 Å². The van der Waals surface area contributed by atoms with Crippen LogP contribution in [-0.4, -0.2) is 101 Å². The van der Waals surface area contributed by atoms with Gasteiger partial charge in [0.05, 0.1) is 76.9 Å². The van der Waals surface area contributed by atoms with Gasteiger partial charge in [-0.3, -0.25) is 0 Å². The molecule has 2 unspecified atom stereocenters. The summed E-state index contributed by atoms with van der Waals surface area (Å²) in [5.74, 6) is 3.18. The lowest BCUT2D eigenvalue weighted by atomic mass is 9.82. The van der Waals surface area contributed by atoms with E-state index in [0.29, 0.717) is 23.0 Å². The summed E-state index contributed by atoms with van der Waals surface area (Å²) in [5.41, 5.74) is 2.94. The minimum atomic E-state index is -0.393. The molecule has 3 aromatic rings. The van der Waals surface area contributed by atoms with Gasteiger partial charge in [-0.15, -0.1) is 0 Å². The summed E-state index contributed by atoms with van der Waals surface area (Å²) in [4.78, 5) is 27.2. The van der Waals surface area contributed by atoms with Crippen LogP contribution in [0, 0.1) is 11.8 Å². The van der Waals surface area contributed by atoms with Gasteiger partial charge in [0.25, 0.3) is 0 Å². The van der Waals surface area contributed by atoms with Gasteiger partial charge >= 0.3 is 11.9 Å². The van der Waals surface area contributed by atoms with Crippen molar-refractivity contribution in [2.45, 2.75) is 51.0 Å². The molecule has 6 saturated heterocycles. The molecule has 0 N–H and O–H groups in total. The van der Waals surface area contributed by atoms with E-state index in [9.17, 15) is 9.59 Å². The molecule has 6 fully saturated rings. The van der Waals surface area contributed by atoms with Crippen molar-refractivity contribution in [1.29, 1.82) is 0 Å². The number of quaternary nitrogens is 2. The molecule has 6 aliphatic heterocycles. The molecule has 282 valence electrons. The molecule has 0 amide bonds. The van der Waals surface area contributed by atoms with E-state index in [1.807, 2.05) is 36.4 Å². The summed E-state index contributed by atoms with van der Waals surface area (Å²) in [6, 6.07) is 18.6. The lowest BCUT2D eigenvalue weighted by Crippen LogP contribution is -3.00. The van der Waals surface area contributed by atoms with Crippen LogP contribution in [-0.2, 0) is 22.6 Å². The van der Waals surface area contributed by atoms with Crippen LogP contribution in [0.2, 0.25) is 0 Å². The van der Waals surface area contributed by atoms with E-state index in [1.54, 1.807) is 52.7 Å². The second-order valence-electron chi connectivity index (χ2n) is 14.8. The lowest BCUT2D eigenvalue weighted by Gasteiger charge is -2.52. The fraction of sp³-hybridized carbons (Fsp3) is 0.500. The van der Waals surface area contributed by atoms with Gasteiger partial charge in [-0.2, -0.15) is 0 Å². The fourth-order valence-corrected chi connectivity index (χ4v) is 9.07. The largest absolute Gasteiger partial charge is 1.00 e. The Kier molecular flexibility index (Phi) is 12.9. The summed E-state index contributed by atoms with van der Waals surface area (Å²) in [6.45, 7) is 7.23. The molecule has 6 heterocycles. The summed E-state index contributed by atoms with van der Waals surface area (Å²) in [5, 5.41) is 0. The predicted octanol–water partition coefficient (Wildman–Crippen LogP) is -0.339. The Labute approximate surface area is 328 Å². The molecule has 52 heavy (non-hydrogen) atoms. The quantitative estimate of drug-likeness (QED) is 0.181. The van der Waals surface area contributed by atoms with Gasteiger partial charge in [0.1, 0.15) is 49.2 Å². The van der Waals surface area contributed by atoms with Crippen LogP contribution in [0.5, 0.6) is 23.0 Å². The zero-order valence-electron chi connectivity index (χ0n) is 30.5. The number of carbonyl (C=O) groups excluding carboxylic acids is 2. The standard InChI is InChI=1S/C40H50N2O8.2BrH/c1-45-33-8-10-35(47-3)31(21-33)23-41-16-12-27(13-17-41)37(25-41)49-39(43)29-6-5-7-30(20-29)40(44)50-38-26-42(18-14-28(38)15-19-42)24-32-22-34(46-2)9-11-36(32)48-4;;/h5-11,20-22,27-28,37-38H,12-19,23-26H2,1-4H3;2*1H/q+2;;/p-2. The third-order valence-electron chi connectivity index (χ3n) is 11.9. The van der Waals surface area contributed by atoms with Gasteiger partial charge in [0, 0.05) is 37.5 Å². The smallest absolute Gasteiger partial charge is 0.338 e. The normalized spacial score (nSPS) is 27.0. The van der Waals surface area contributed by atoms with E-state index in [4.69, 9.17) is 28.4 Å². The highest BCUT2D eigenvalue weighted by molar-refractivity contribution is 5.95.